The molecule has 1 N–H and O–H groups in total. The molecule has 0 radical (unpaired) electrons. The lowest BCUT2D eigenvalue weighted by Crippen LogP contribution is -2.49. The third-order valence-corrected chi connectivity index (χ3v) is 5.91. The zero-order valence-electron chi connectivity index (χ0n) is 18.7. The number of nitrogens with one attached hydrogen (secondary N) is 1. The first-order chi connectivity index (χ1) is 14.8. The minimum atomic E-state index is -1.15. The number of hydrogen-bond donors (Lipinski definition) is 1. The lowest BCUT2D eigenvalue weighted by Gasteiger charge is -2.38. The summed E-state index contributed by atoms with van der Waals surface area (Å²) in [6.45, 7) is 12.1. The minimum absolute atomic E-state index is 0.490. The molecule has 1 aliphatic heterocycles. The van der Waals surface area contributed by atoms with Gasteiger partial charge in [-0.25, -0.2) is 9.37 Å². The van der Waals surface area contributed by atoms with Crippen LogP contribution in [0.5, 0.6) is 0 Å². The SMILES string of the molecule is C=C(NC)c1ccc(Cn2ccc3c(N4CCN(CC(C)(C)F)CC4)ccnc32)cc1. The van der Waals surface area contributed by atoms with Crippen molar-refractivity contribution < 1.29 is 4.39 Å². The molecule has 3 heterocycles. The molecule has 0 spiro atoms. The lowest BCUT2D eigenvalue weighted by atomic mass is 10.1. The van der Waals surface area contributed by atoms with E-state index in [0.717, 1.165) is 49.6 Å². The monoisotopic (exact) mass is 421 g/mol. The predicted octanol–water partition coefficient (Wildman–Crippen LogP) is 4.14. The quantitative estimate of drug-likeness (QED) is 0.622. The van der Waals surface area contributed by atoms with Crippen molar-refractivity contribution in [3.8, 4) is 0 Å². The number of anilines is 1. The van der Waals surface area contributed by atoms with Crippen molar-refractivity contribution in [3.05, 3.63) is 66.5 Å². The van der Waals surface area contributed by atoms with Crippen LogP contribution >= 0.6 is 0 Å². The summed E-state index contributed by atoms with van der Waals surface area (Å²) < 4.78 is 16.2. The molecule has 31 heavy (non-hydrogen) atoms. The second kappa shape index (κ2) is 8.71. The zero-order chi connectivity index (χ0) is 22.0. The Morgan fingerprint density at radius 2 is 1.81 bits per heavy atom. The summed E-state index contributed by atoms with van der Waals surface area (Å²) in [5.74, 6) is 0. The number of halogens is 1. The standard InChI is InChI=1S/C25H32FN5/c1-19(27-4)21-7-5-20(6-8-21)17-31-12-10-22-23(9-11-28-24(22)31)30-15-13-29(14-16-30)18-25(2,3)26/h5-12,27H,1,13-18H2,2-4H3. The van der Waals surface area contributed by atoms with Crippen LogP contribution in [0.2, 0.25) is 0 Å². The summed E-state index contributed by atoms with van der Waals surface area (Å²) in [5.41, 5.74) is 4.29. The Morgan fingerprint density at radius 3 is 2.45 bits per heavy atom. The highest BCUT2D eigenvalue weighted by Crippen LogP contribution is 2.28. The molecule has 1 aromatic carbocycles. The number of benzene rings is 1. The van der Waals surface area contributed by atoms with E-state index in [-0.39, 0.29) is 0 Å². The Labute approximate surface area is 184 Å². The van der Waals surface area contributed by atoms with Crippen molar-refractivity contribution in [2.75, 3.05) is 44.7 Å². The van der Waals surface area contributed by atoms with E-state index in [1.807, 2.05) is 13.2 Å². The van der Waals surface area contributed by atoms with Crippen LogP contribution in [-0.2, 0) is 6.54 Å². The molecule has 0 unspecified atom stereocenters. The van der Waals surface area contributed by atoms with E-state index < -0.39 is 5.67 Å². The molecule has 3 aromatic rings. The molecule has 0 saturated carbocycles. The summed E-state index contributed by atoms with van der Waals surface area (Å²) in [6.07, 6.45) is 4.01. The highest BCUT2D eigenvalue weighted by atomic mass is 19.1. The molecule has 1 aliphatic rings. The molecule has 1 fully saturated rings. The molecule has 0 amide bonds. The molecule has 1 saturated heterocycles. The summed E-state index contributed by atoms with van der Waals surface area (Å²) in [6, 6.07) is 12.7. The number of pyridine rings is 1. The van der Waals surface area contributed by atoms with Crippen LogP contribution in [0, 0.1) is 0 Å². The Morgan fingerprint density at radius 1 is 1.10 bits per heavy atom. The Bertz CT molecular complexity index is 1040. The van der Waals surface area contributed by atoms with Crippen LogP contribution in [0.3, 0.4) is 0 Å². The third kappa shape index (κ3) is 4.90. The van der Waals surface area contributed by atoms with E-state index in [2.05, 4.69) is 73.8 Å². The van der Waals surface area contributed by atoms with Crippen molar-refractivity contribution in [1.82, 2.24) is 19.8 Å². The molecule has 4 rings (SSSR count). The minimum Gasteiger partial charge on any atom is -0.388 e. The fourth-order valence-electron chi connectivity index (χ4n) is 4.31. The van der Waals surface area contributed by atoms with Gasteiger partial charge in [0.2, 0.25) is 0 Å². The summed E-state index contributed by atoms with van der Waals surface area (Å²) in [7, 11) is 1.88. The van der Waals surface area contributed by atoms with E-state index in [0.29, 0.717) is 6.54 Å². The van der Waals surface area contributed by atoms with Gasteiger partial charge in [-0.3, -0.25) is 4.90 Å². The summed E-state index contributed by atoms with van der Waals surface area (Å²) in [4.78, 5) is 9.28. The van der Waals surface area contributed by atoms with Crippen molar-refractivity contribution >= 4 is 22.4 Å². The van der Waals surface area contributed by atoms with Crippen molar-refractivity contribution in [2.45, 2.75) is 26.1 Å². The summed E-state index contributed by atoms with van der Waals surface area (Å²) in [5, 5.41) is 4.25. The molecule has 164 valence electrons. The van der Waals surface area contributed by atoms with Gasteiger partial charge in [0.15, 0.2) is 0 Å². The van der Waals surface area contributed by atoms with E-state index in [1.54, 1.807) is 13.8 Å². The number of alkyl halides is 1. The average molecular weight is 422 g/mol. The van der Waals surface area contributed by atoms with Gasteiger partial charge in [-0.05, 0) is 37.1 Å². The van der Waals surface area contributed by atoms with E-state index in [4.69, 9.17) is 0 Å². The first kappa shape index (κ1) is 21.4. The van der Waals surface area contributed by atoms with Crippen LogP contribution < -0.4 is 10.2 Å². The van der Waals surface area contributed by atoms with Gasteiger partial charge in [0, 0.05) is 75.5 Å². The number of fused-ring (bicyclic) bond motifs is 1. The lowest BCUT2D eigenvalue weighted by molar-refractivity contribution is 0.121. The Hall–Kier alpha value is -2.86. The predicted molar refractivity (Wildman–Crippen MR) is 127 cm³/mol. The molecule has 5 nitrogen and oxygen atoms in total. The number of nitrogens with zero attached hydrogens (tertiary/aromatic N) is 4. The zero-order valence-corrected chi connectivity index (χ0v) is 18.7. The molecule has 0 bridgehead atoms. The van der Waals surface area contributed by atoms with Crippen molar-refractivity contribution in [1.29, 1.82) is 0 Å². The van der Waals surface area contributed by atoms with E-state index in [1.165, 1.54) is 16.6 Å². The van der Waals surface area contributed by atoms with Gasteiger partial charge < -0.3 is 14.8 Å². The maximum absolute atomic E-state index is 14.0. The maximum Gasteiger partial charge on any atom is 0.142 e. The van der Waals surface area contributed by atoms with Gasteiger partial charge in [0.1, 0.15) is 11.3 Å². The average Bonchev–Trinajstić information content (AvgIpc) is 3.16. The molecule has 0 atom stereocenters. The molecular formula is C25H32FN5. The maximum atomic E-state index is 14.0. The van der Waals surface area contributed by atoms with E-state index >= 15 is 0 Å². The second-order valence-corrected chi connectivity index (χ2v) is 8.92. The van der Waals surface area contributed by atoms with Crippen LogP contribution in [0.15, 0.2) is 55.4 Å². The smallest absolute Gasteiger partial charge is 0.142 e. The highest BCUT2D eigenvalue weighted by molar-refractivity contribution is 5.90. The third-order valence-electron chi connectivity index (χ3n) is 5.91. The molecule has 2 aromatic heterocycles. The highest BCUT2D eigenvalue weighted by Gasteiger charge is 2.25. The molecule has 6 heteroatoms. The molecule has 0 aliphatic carbocycles. The number of rotatable bonds is 7. The summed E-state index contributed by atoms with van der Waals surface area (Å²) >= 11 is 0. The number of aromatic nitrogens is 2. The van der Waals surface area contributed by atoms with Gasteiger partial charge in [-0.1, -0.05) is 30.8 Å². The van der Waals surface area contributed by atoms with Crippen LogP contribution in [0.25, 0.3) is 16.7 Å². The normalized spacial score (nSPS) is 15.4. The largest absolute Gasteiger partial charge is 0.388 e. The van der Waals surface area contributed by atoms with Gasteiger partial charge in [0.25, 0.3) is 0 Å². The first-order valence-electron chi connectivity index (χ1n) is 10.9. The fourth-order valence-corrected chi connectivity index (χ4v) is 4.31. The Kier molecular flexibility index (Phi) is 6.01. The second-order valence-electron chi connectivity index (χ2n) is 8.92. The Balaban J connectivity index is 1.49. The fraction of sp³-hybridized carbons (Fsp3) is 0.400. The van der Waals surface area contributed by atoms with Crippen LogP contribution in [-0.4, -0.2) is 59.9 Å². The molecular weight excluding hydrogens is 389 g/mol. The topological polar surface area (TPSA) is 36.3 Å². The van der Waals surface area contributed by atoms with E-state index in [9.17, 15) is 4.39 Å². The van der Waals surface area contributed by atoms with Crippen LogP contribution in [0.4, 0.5) is 10.1 Å². The van der Waals surface area contributed by atoms with Crippen molar-refractivity contribution in [3.63, 3.8) is 0 Å². The van der Waals surface area contributed by atoms with Gasteiger partial charge >= 0.3 is 0 Å². The first-order valence-corrected chi connectivity index (χ1v) is 10.9. The van der Waals surface area contributed by atoms with Gasteiger partial charge in [0.05, 0.1) is 0 Å². The van der Waals surface area contributed by atoms with Gasteiger partial charge in [-0.2, -0.15) is 0 Å². The number of hydrogen-bond acceptors (Lipinski definition) is 4. The van der Waals surface area contributed by atoms with Crippen LogP contribution in [0.1, 0.15) is 25.0 Å². The van der Waals surface area contributed by atoms with Crippen molar-refractivity contribution in [2.24, 2.45) is 0 Å². The van der Waals surface area contributed by atoms with Gasteiger partial charge in [-0.15, -0.1) is 0 Å². The number of piperazine rings is 1.